The molecular weight excluding hydrogens is 334 g/mol. The fourth-order valence-corrected chi connectivity index (χ4v) is 6.49. The van der Waals surface area contributed by atoms with Crippen molar-refractivity contribution in [3.63, 3.8) is 0 Å². The Bertz CT molecular complexity index is 818. The lowest BCUT2D eigenvalue weighted by atomic mass is 9.49. The number of amides is 1. The van der Waals surface area contributed by atoms with Crippen LogP contribution >= 0.6 is 11.6 Å². The van der Waals surface area contributed by atoms with E-state index >= 15 is 0 Å². The lowest BCUT2D eigenvalue weighted by Crippen LogP contribution is -2.51. The average molecular weight is 358 g/mol. The second-order valence-electron chi connectivity index (χ2n) is 8.77. The average Bonchev–Trinajstić information content (AvgIpc) is 2.90. The number of hydrogen-bond acceptors (Lipinski definition) is 2. The highest BCUT2D eigenvalue weighted by molar-refractivity contribution is 6.35. The first kappa shape index (κ1) is 15.7. The molecule has 0 unspecified atom stereocenters. The molecule has 4 aliphatic carbocycles. The molecule has 4 heteroatoms. The highest BCUT2D eigenvalue weighted by Gasteiger charge is 2.50. The normalized spacial score (nSPS) is 33.1. The maximum absolute atomic E-state index is 12.8. The van der Waals surface area contributed by atoms with Gasteiger partial charge in [-0.2, -0.15) is 0 Å². The van der Waals surface area contributed by atoms with Crippen LogP contribution in [0.15, 0.2) is 22.6 Å². The maximum atomic E-state index is 12.8. The zero-order valence-electron chi connectivity index (χ0n) is 14.6. The summed E-state index contributed by atoms with van der Waals surface area (Å²) in [6.45, 7) is 2.72. The second kappa shape index (κ2) is 5.51. The highest BCUT2D eigenvalue weighted by Crippen LogP contribution is 2.59. The van der Waals surface area contributed by atoms with Crippen LogP contribution in [0.4, 0.5) is 0 Å². The molecule has 4 aliphatic rings. The van der Waals surface area contributed by atoms with Gasteiger partial charge in [0.15, 0.2) is 11.3 Å². The first-order valence-electron chi connectivity index (χ1n) is 9.49. The number of hydrogen-bond donors (Lipinski definition) is 1. The molecule has 6 rings (SSSR count). The summed E-state index contributed by atoms with van der Waals surface area (Å²) in [5.41, 5.74) is 1.82. The fraction of sp³-hybridized carbons (Fsp3) is 0.571. The molecule has 0 radical (unpaired) electrons. The zero-order chi connectivity index (χ0) is 17.2. The first-order chi connectivity index (χ1) is 12.0. The molecule has 1 aromatic carbocycles. The predicted molar refractivity (Wildman–Crippen MR) is 98.9 cm³/mol. The molecule has 1 heterocycles. The summed E-state index contributed by atoms with van der Waals surface area (Å²) in [6.07, 6.45) is 8.16. The maximum Gasteiger partial charge on any atom is 0.287 e. The fourth-order valence-electron chi connectivity index (χ4n) is 6.28. The molecule has 3 nitrogen and oxygen atoms in total. The van der Waals surface area contributed by atoms with E-state index in [0.29, 0.717) is 21.8 Å². The third kappa shape index (κ3) is 2.51. The Balaban J connectivity index is 1.36. The minimum atomic E-state index is -0.0967. The number of furan rings is 1. The molecule has 25 heavy (non-hydrogen) atoms. The van der Waals surface area contributed by atoms with Crippen LogP contribution in [0.25, 0.3) is 11.0 Å². The number of halogens is 1. The number of carbonyl (C=O) groups is 1. The number of rotatable bonds is 3. The predicted octanol–water partition coefficient (Wildman–Crippen LogP) is 5.34. The number of carbonyl (C=O) groups excluding carboxylic acids is 1. The van der Waals surface area contributed by atoms with Crippen LogP contribution in [0.3, 0.4) is 0 Å². The van der Waals surface area contributed by atoms with Crippen LogP contribution in [-0.4, -0.2) is 12.5 Å². The Hall–Kier alpha value is -1.48. The Labute approximate surface area is 153 Å². The molecule has 0 spiro atoms. The molecule has 4 saturated carbocycles. The van der Waals surface area contributed by atoms with Gasteiger partial charge < -0.3 is 9.73 Å². The van der Waals surface area contributed by atoms with Crippen molar-refractivity contribution >= 4 is 28.5 Å². The minimum absolute atomic E-state index is 0.0967. The van der Waals surface area contributed by atoms with Gasteiger partial charge in [0.05, 0.1) is 5.02 Å². The molecular formula is C21H24ClNO2. The van der Waals surface area contributed by atoms with Gasteiger partial charge >= 0.3 is 0 Å². The molecule has 4 bridgehead atoms. The summed E-state index contributed by atoms with van der Waals surface area (Å²) in [6, 6.07) is 5.64. The molecule has 1 N–H and O–H groups in total. The van der Waals surface area contributed by atoms with E-state index in [1.165, 1.54) is 38.5 Å². The van der Waals surface area contributed by atoms with Crippen LogP contribution in [0.5, 0.6) is 0 Å². The van der Waals surface area contributed by atoms with E-state index in [9.17, 15) is 4.79 Å². The van der Waals surface area contributed by atoms with Crippen LogP contribution < -0.4 is 5.32 Å². The van der Waals surface area contributed by atoms with Crippen molar-refractivity contribution in [1.82, 2.24) is 5.32 Å². The van der Waals surface area contributed by atoms with Crippen LogP contribution in [-0.2, 0) is 0 Å². The van der Waals surface area contributed by atoms with Gasteiger partial charge in [-0.05, 0) is 74.7 Å². The summed E-state index contributed by atoms with van der Waals surface area (Å²) >= 11 is 6.21. The molecule has 0 aliphatic heterocycles. The topological polar surface area (TPSA) is 42.2 Å². The molecule has 1 aromatic heterocycles. The van der Waals surface area contributed by atoms with E-state index in [0.717, 1.165) is 35.2 Å². The van der Waals surface area contributed by atoms with Crippen LogP contribution in [0.1, 0.15) is 54.6 Å². The van der Waals surface area contributed by atoms with Gasteiger partial charge in [-0.15, -0.1) is 0 Å². The third-order valence-corrected chi connectivity index (χ3v) is 7.21. The van der Waals surface area contributed by atoms with Crippen molar-refractivity contribution in [2.24, 2.45) is 23.2 Å². The lowest BCUT2D eigenvalue weighted by molar-refractivity contribution is -0.0504. The summed E-state index contributed by atoms with van der Waals surface area (Å²) in [5.74, 6) is 3.01. The molecule has 0 atom stereocenters. The molecule has 4 fully saturated rings. The zero-order valence-corrected chi connectivity index (χ0v) is 15.4. The van der Waals surface area contributed by atoms with Gasteiger partial charge in [0.1, 0.15) is 0 Å². The van der Waals surface area contributed by atoms with E-state index in [1.807, 2.05) is 19.1 Å². The van der Waals surface area contributed by atoms with Crippen molar-refractivity contribution in [2.45, 2.75) is 45.4 Å². The Morgan fingerprint density at radius 2 is 1.84 bits per heavy atom. The van der Waals surface area contributed by atoms with Crippen molar-refractivity contribution < 1.29 is 9.21 Å². The van der Waals surface area contributed by atoms with E-state index in [1.54, 1.807) is 6.07 Å². The van der Waals surface area contributed by atoms with Gasteiger partial charge in [-0.3, -0.25) is 4.79 Å². The van der Waals surface area contributed by atoms with Gasteiger partial charge in [0, 0.05) is 17.5 Å². The second-order valence-corrected chi connectivity index (χ2v) is 9.18. The third-order valence-electron chi connectivity index (χ3n) is 6.91. The van der Waals surface area contributed by atoms with Crippen molar-refractivity contribution in [2.75, 3.05) is 6.54 Å². The summed E-state index contributed by atoms with van der Waals surface area (Å²) in [4.78, 5) is 12.8. The summed E-state index contributed by atoms with van der Waals surface area (Å²) < 4.78 is 5.82. The largest absolute Gasteiger partial charge is 0.449 e. The van der Waals surface area contributed by atoms with Gasteiger partial charge in [0.2, 0.25) is 0 Å². The highest BCUT2D eigenvalue weighted by atomic mass is 35.5. The number of para-hydroxylation sites is 1. The van der Waals surface area contributed by atoms with Gasteiger partial charge in [-0.1, -0.05) is 23.7 Å². The standard InChI is InChI=1S/C21H24ClNO2/c1-12-16-3-2-4-17(22)19(16)25-18(12)20(24)23-11-21-8-13-5-14(9-21)7-15(6-13)10-21/h2-4,13-15H,5-11H2,1H3,(H,23,24). The number of benzene rings is 1. The number of aryl methyl sites for hydroxylation is 1. The van der Waals surface area contributed by atoms with Gasteiger partial charge in [0.25, 0.3) is 5.91 Å². The van der Waals surface area contributed by atoms with E-state index in [2.05, 4.69) is 5.32 Å². The van der Waals surface area contributed by atoms with E-state index < -0.39 is 0 Å². The van der Waals surface area contributed by atoms with Gasteiger partial charge in [-0.25, -0.2) is 0 Å². The Morgan fingerprint density at radius 1 is 1.20 bits per heavy atom. The Morgan fingerprint density at radius 3 is 2.44 bits per heavy atom. The summed E-state index contributed by atoms with van der Waals surface area (Å²) in [5, 5.41) is 4.68. The lowest BCUT2D eigenvalue weighted by Gasteiger charge is -2.56. The van der Waals surface area contributed by atoms with Crippen molar-refractivity contribution in [3.8, 4) is 0 Å². The SMILES string of the molecule is Cc1c(C(=O)NCC23CC4CC(CC(C4)C2)C3)oc2c(Cl)cccc12. The monoisotopic (exact) mass is 357 g/mol. The summed E-state index contributed by atoms with van der Waals surface area (Å²) in [7, 11) is 0. The van der Waals surface area contributed by atoms with E-state index in [-0.39, 0.29) is 5.91 Å². The first-order valence-corrected chi connectivity index (χ1v) is 9.87. The molecule has 1 amide bonds. The molecule has 0 saturated heterocycles. The molecule has 132 valence electrons. The number of fused-ring (bicyclic) bond motifs is 1. The quantitative estimate of drug-likeness (QED) is 0.805. The smallest absolute Gasteiger partial charge is 0.287 e. The van der Waals surface area contributed by atoms with Crippen molar-refractivity contribution in [3.05, 3.63) is 34.5 Å². The van der Waals surface area contributed by atoms with Crippen molar-refractivity contribution in [1.29, 1.82) is 0 Å². The minimum Gasteiger partial charge on any atom is -0.449 e. The van der Waals surface area contributed by atoms with E-state index in [4.69, 9.17) is 16.0 Å². The number of nitrogens with one attached hydrogen (secondary N) is 1. The van der Waals surface area contributed by atoms with Crippen LogP contribution in [0, 0.1) is 30.1 Å². The Kier molecular flexibility index (Phi) is 3.47. The van der Waals surface area contributed by atoms with Crippen LogP contribution in [0.2, 0.25) is 5.02 Å². The molecule has 2 aromatic rings.